The number of benzene rings is 1. The predicted molar refractivity (Wildman–Crippen MR) is 133 cm³/mol. The van der Waals surface area contributed by atoms with Gasteiger partial charge in [0.2, 0.25) is 5.89 Å². The fourth-order valence-electron chi connectivity index (χ4n) is 3.65. The normalized spacial score (nSPS) is 18.0. The average molecular weight is 525 g/mol. The first kappa shape index (κ1) is 24.7. The number of rotatable bonds is 6. The van der Waals surface area contributed by atoms with Crippen molar-refractivity contribution in [1.29, 1.82) is 0 Å². The van der Waals surface area contributed by atoms with Crippen molar-refractivity contribution in [3.8, 4) is 0 Å². The number of nitrogens with zero attached hydrogens (tertiary/aromatic N) is 3. The number of hydrogen-bond donors (Lipinski definition) is 2. The number of halogens is 1. The van der Waals surface area contributed by atoms with Crippen molar-refractivity contribution in [2.75, 3.05) is 20.1 Å². The third kappa shape index (κ3) is 7.27. The van der Waals surface area contributed by atoms with Crippen LogP contribution < -0.4 is 10.6 Å². The molecule has 1 aromatic carbocycles. The first-order chi connectivity index (χ1) is 14.0. The van der Waals surface area contributed by atoms with Crippen LogP contribution in [0.1, 0.15) is 57.2 Å². The SMILES string of the molecule is CN=C(NCc1ncc(C(C)(C)C)o1)NCC1CCCCN1Cc1ccccc1.I. The van der Waals surface area contributed by atoms with Crippen LogP contribution in [0, 0.1) is 0 Å². The first-order valence-electron chi connectivity index (χ1n) is 10.6. The van der Waals surface area contributed by atoms with E-state index in [1.54, 1.807) is 7.05 Å². The van der Waals surface area contributed by atoms with Crippen LogP contribution in [0.15, 0.2) is 45.9 Å². The zero-order valence-electron chi connectivity index (χ0n) is 18.6. The maximum absolute atomic E-state index is 5.86. The number of hydrogen-bond acceptors (Lipinski definition) is 4. The highest BCUT2D eigenvalue weighted by molar-refractivity contribution is 14.0. The highest BCUT2D eigenvalue weighted by Crippen LogP contribution is 2.22. The van der Waals surface area contributed by atoms with Gasteiger partial charge in [0.05, 0.1) is 12.7 Å². The molecule has 2 aromatic rings. The van der Waals surface area contributed by atoms with Gasteiger partial charge < -0.3 is 15.1 Å². The molecule has 0 saturated carbocycles. The summed E-state index contributed by atoms with van der Waals surface area (Å²) in [7, 11) is 1.80. The topological polar surface area (TPSA) is 65.7 Å². The van der Waals surface area contributed by atoms with E-state index in [0.29, 0.717) is 18.5 Å². The number of piperidine rings is 1. The molecule has 3 rings (SSSR count). The lowest BCUT2D eigenvalue weighted by molar-refractivity contribution is 0.141. The van der Waals surface area contributed by atoms with E-state index in [-0.39, 0.29) is 29.4 Å². The Balaban J connectivity index is 0.00000320. The molecule has 0 spiro atoms. The van der Waals surface area contributed by atoms with Gasteiger partial charge in [0, 0.05) is 31.6 Å². The maximum atomic E-state index is 5.86. The zero-order chi connectivity index (χ0) is 20.7. The van der Waals surface area contributed by atoms with Gasteiger partial charge in [-0.3, -0.25) is 9.89 Å². The van der Waals surface area contributed by atoms with Crippen LogP contribution in [0.4, 0.5) is 0 Å². The summed E-state index contributed by atoms with van der Waals surface area (Å²) < 4.78 is 5.86. The Hall–Kier alpha value is -1.61. The van der Waals surface area contributed by atoms with Crippen molar-refractivity contribution in [3.05, 3.63) is 53.7 Å². The van der Waals surface area contributed by atoms with E-state index in [4.69, 9.17) is 4.42 Å². The molecular formula is C23H36IN5O. The van der Waals surface area contributed by atoms with Crippen molar-refractivity contribution in [3.63, 3.8) is 0 Å². The Morgan fingerprint density at radius 3 is 2.63 bits per heavy atom. The number of likely N-dealkylation sites (tertiary alicyclic amines) is 1. The van der Waals surface area contributed by atoms with Crippen molar-refractivity contribution < 1.29 is 4.42 Å². The van der Waals surface area contributed by atoms with Crippen molar-refractivity contribution in [1.82, 2.24) is 20.5 Å². The maximum Gasteiger partial charge on any atom is 0.213 e. The van der Waals surface area contributed by atoms with Crippen LogP contribution in [0.5, 0.6) is 0 Å². The highest BCUT2D eigenvalue weighted by Gasteiger charge is 2.23. The number of aromatic nitrogens is 1. The van der Waals surface area contributed by atoms with Crippen LogP contribution in [-0.2, 0) is 18.5 Å². The van der Waals surface area contributed by atoms with Crippen LogP contribution in [0.3, 0.4) is 0 Å². The number of aliphatic imine (C=N–C) groups is 1. The van der Waals surface area contributed by atoms with E-state index < -0.39 is 0 Å². The van der Waals surface area contributed by atoms with E-state index in [9.17, 15) is 0 Å². The number of nitrogens with one attached hydrogen (secondary N) is 2. The molecular weight excluding hydrogens is 489 g/mol. The lowest BCUT2D eigenvalue weighted by Gasteiger charge is -2.36. The minimum absolute atomic E-state index is 0. The molecule has 2 heterocycles. The van der Waals surface area contributed by atoms with Gasteiger partial charge in [-0.15, -0.1) is 24.0 Å². The van der Waals surface area contributed by atoms with E-state index in [1.807, 2.05) is 6.20 Å². The Kier molecular flexibility index (Phi) is 9.61. The highest BCUT2D eigenvalue weighted by atomic mass is 127. The van der Waals surface area contributed by atoms with E-state index in [1.165, 1.54) is 24.8 Å². The van der Waals surface area contributed by atoms with E-state index >= 15 is 0 Å². The van der Waals surface area contributed by atoms with Gasteiger partial charge in [0.25, 0.3) is 0 Å². The molecule has 1 aliphatic heterocycles. The van der Waals surface area contributed by atoms with Gasteiger partial charge in [-0.05, 0) is 24.9 Å². The smallest absolute Gasteiger partial charge is 0.213 e. The quantitative estimate of drug-likeness (QED) is 0.335. The number of guanidine groups is 1. The molecule has 0 amide bonds. The van der Waals surface area contributed by atoms with Gasteiger partial charge in [0.15, 0.2) is 5.96 Å². The summed E-state index contributed by atoms with van der Waals surface area (Å²) in [4.78, 5) is 11.3. The van der Waals surface area contributed by atoms with Crippen molar-refractivity contribution in [2.45, 2.75) is 64.6 Å². The predicted octanol–water partition coefficient (Wildman–Crippen LogP) is 4.31. The molecule has 0 radical (unpaired) electrons. The van der Waals surface area contributed by atoms with Crippen LogP contribution in [0.2, 0.25) is 0 Å². The summed E-state index contributed by atoms with van der Waals surface area (Å²) in [5.74, 6) is 2.36. The fraction of sp³-hybridized carbons (Fsp3) is 0.565. The lowest BCUT2D eigenvalue weighted by atomic mass is 9.94. The fourth-order valence-corrected chi connectivity index (χ4v) is 3.65. The summed E-state index contributed by atoms with van der Waals surface area (Å²) in [5, 5.41) is 6.81. The molecule has 1 saturated heterocycles. The van der Waals surface area contributed by atoms with Crippen LogP contribution in [0.25, 0.3) is 0 Å². The average Bonchev–Trinajstić information content (AvgIpc) is 3.20. The first-order valence-corrected chi connectivity index (χ1v) is 10.6. The standard InChI is InChI=1S/C23H35N5O.HI/c1-23(2,3)20-15-25-21(29-20)16-27-22(24-4)26-14-19-12-8-9-13-28(19)17-18-10-6-5-7-11-18;/h5-7,10-11,15,19H,8-9,12-14,16-17H2,1-4H3,(H2,24,26,27);1H. The van der Waals surface area contributed by atoms with Gasteiger partial charge in [-0.25, -0.2) is 4.98 Å². The van der Waals surface area contributed by atoms with E-state index in [0.717, 1.165) is 31.4 Å². The third-order valence-electron chi connectivity index (χ3n) is 5.41. The van der Waals surface area contributed by atoms with E-state index in [2.05, 4.69) is 76.6 Å². The molecule has 6 nitrogen and oxygen atoms in total. The van der Waals surface area contributed by atoms with Crippen LogP contribution >= 0.6 is 24.0 Å². The summed E-state index contributed by atoms with van der Waals surface area (Å²) in [6, 6.07) is 11.2. The Bertz CT molecular complexity index is 784. The third-order valence-corrected chi connectivity index (χ3v) is 5.41. The summed E-state index contributed by atoms with van der Waals surface area (Å²) in [6.45, 7) is 9.92. The molecule has 1 atom stereocenters. The second kappa shape index (κ2) is 11.7. The van der Waals surface area contributed by atoms with Crippen LogP contribution in [-0.4, -0.2) is 42.0 Å². The molecule has 0 bridgehead atoms. The monoisotopic (exact) mass is 525 g/mol. The molecule has 0 aliphatic carbocycles. The second-order valence-corrected chi connectivity index (χ2v) is 8.78. The van der Waals surface area contributed by atoms with Crippen molar-refractivity contribution >= 4 is 29.9 Å². The Morgan fingerprint density at radius 2 is 1.97 bits per heavy atom. The summed E-state index contributed by atoms with van der Waals surface area (Å²) >= 11 is 0. The molecule has 1 aromatic heterocycles. The van der Waals surface area contributed by atoms with Gasteiger partial charge in [0.1, 0.15) is 5.76 Å². The lowest BCUT2D eigenvalue weighted by Crippen LogP contribution is -2.48. The molecule has 7 heteroatoms. The molecule has 30 heavy (non-hydrogen) atoms. The molecule has 1 fully saturated rings. The molecule has 2 N–H and O–H groups in total. The minimum Gasteiger partial charge on any atom is -0.443 e. The molecule has 1 unspecified atom stereocenters. The number of oxazole rings is 1. The Morgan fingerprint density at radius 1 is 1.20 bits per heavy atom. The minimum atomic E-state index is -0.0334. The summed E-state index contributed by atoms with van der Waals surface area (Å²) in [5.41, 5.74) is 1.34. The second-order valence-electron chi connectivity index (χ2n) is 8.78. The Labute approximate surface area is 198 Å². The van der Waals surface area contributed by atoms with Gasteiger partial charge >= 0.3 is 0 Å². The molecule has 1 aliphatic rings. The molecule has 166 valence electrons. The van der Waals surface area contributed by atoms with Crippen molar-refractivity contribution in [2.24, 2.45) is 4.99 Å². The van der Waals surface area contributed by atoms with Gasteiger partial charge in [-0.1, -0.05) is 57.5 Å². The zero-order valence-corrected chi connectivity index (χ0v) is 21.0. The largest absolute Gasteiger partial charge is 0.443 e. The summed E-state index contributed by atoms with van der Waals surface area (Å²) in [6.07, 6.45) is 5.59. The van der Waals surface area contributed by atoms with Gasteiger partial charge in [-0.2, -0.15) is 0 Å².